The summed E-state index contributed by atoms with van der Waals surface area (Å²) in [4.78, 5) is 22.6. The lowest BCUT2D eigenvalue weighted by atomic mass is 10.1. The number of halogens is 2. The van der Waals surface area contributed by atoms with Gasteiger partial charge in [-0.05, 0) is 41.8 Å². The van der Waals surface area contributed by atoms with Crippen molar-refractivity contribution in [3.05, 3.63) is 81.0 Å². The van der Waals surface area contributed by atoms with Gasteiger partial charge in [-0.15, -0.1) is 0 Å². The Balaban J connectivity index is 1.46. The first-order chi connectivity index (χ1) is 15.0. The lowest BCUT2D eigenvalue weighted by molar-refractivity contribution is 0.198. The van der Waals surface area contributed by atoms with Crippen LogP contribution in [0.3, 0.4) is 0 Å². The van der Waals surface area contributed by atoms with E-state index in [1.165, 1.54) is 0 Å². The average Bonchev–Trinajstić information content (AvgIpc) is 3.38. The van der Waals surface area contributed by atoms with Gasteiger partial charge in [0, 0.05) is 42.5 Å². The topological polar surface area (TPSA) is 74.2 Å². The number of hydrogen-bond acceptors (Lipinski definition) is 4. The van der Waals surface area contributed by atoms with Crippen LogP contribution in [0.15, 0.2) is 59.8 Å². The molecule has 1 saturated heterocycles. The minimum Gasteiger partial charge on any atom is -0.391 e. The summed E-state index contributed by atoms with van der Waals surface area (Å²) >= 11 is 12.1. The Morgan fingerprint density at radius 3 is 2.77 bits per heavy atom. The molecule has 158 valence electrons. The number of aromatic amines is 1. The number of rotatable bonds is 4. The monoisotopic (exact) mass is 454 g/mol. The smallest absolute Gasteiger partial charge is 0.251 e. The number of nitrogens with zero attached hydrogens (tertiary/aromatic N) is 3. The molecule has 0 radical (unpaired) electrons. The van der Waals surface area contributed by atoms with Gasteiger partial charge in [0.25, 0.3) is 5.56 Å². The molecular formula is C23H20Cl2N4O2. The molecule has 0 saturated carbocycles. The molecule has 1 aromatic carbocycles. The zero-order chi connectivity index (χ0) is 21.5. The highest BCUT2D eigenvalue weighted by molar-refractivity contribution is 6.42. The summed E-state index contributed by atoms with van der Waals surface area (Å²) < 4.78 is 1.63. The summed E-state index contributed by atoms with van der Waals surface area (Å²) in [6.07, 6.45) is 5.93. The number of pyridine rings is 2. The number of H-pyrrole nitrogens is 1. The molecule has 1 unspecified atom stereocenters. The van der Waals surface area contributed by atoms with Crippen LogP contribution in [0.4, 0.5) is 5.69 Å². The number of β-amino-alcohol motifs (C(OH)–C–C–N with tert-alkyl or cyclic N) is 1. The lowest BCUT2D eigenvalue weighted by Crippen LogP contribution is -2.21. The third-order valence-electron chi connectivity index (χ3n) is 5.69. The molecule has 8 heteroatoms. The number of benzene rings is 1. The summed E-state index contributed by atoms with van der Waals surface area (Å²) in [5, 5.41) is 11.7. The molecule has 2 N–H and O–H groups in total. The van der Waals surface area contributed by atoms with Crippen molar-refractivity contribution in [1.82, 2.24) is 14.5 Å². The van der Waals surface area contributed by atoms with Gasteiger partial charge in [0.05, 0.1) is 34.6 Å². The van der Waals surface area contributed by atoms with Crippen LogP contribution in [-0.4, -0.2) is 38.8 Å². The predicted molar refractivity (Wildman–Crippen MR) is 124 cm³/mol. The molecule has 5 rings (SSSR count). The molecule has 0 bridgehead atoms. The minimum absolute atomic E-state index is 0.107. The highest BCUT2D eigenvalue weighted by Crippen LogP contribution is 2.31. The molecule has 0 aliphatic carbocycles. The standard InChI is InChI=1S/C23H20Cl2N4O2/c24-20-2-1-14(7-21(20)25)12-29-5-3-15(8-22(29)31)19-11-27-23-18(19)9-16(10-26-23)28-6-4-17(30)13-28/h1-3,5,7-11,17,30H,4,6,12-13H2,(H,26,27). The van der Waals surface area contributed by atoms with E-state index in [4.69, 9.17) is 23.2 Å². The number of hydrogen-bond donors (Lipinski definition) is 2. The summed E-state index contributed by atoms with van der Waals surface area (Å²) in [5.74, 6) is 0. The Hall–Kier alpha value is -2.80. The zero-order valence-electron chi connectivity index (χ0n) is 16.6. The zero-order valence-corrected chi connectivity index (χ0v) is 18.1. The second-order valence-electron chi connectivity index (χ2n) is 7.81. The quantitative estimate of drug-likeness (QED) is 0.481. The summed E-state index contributed by atoms with van der Waals surface area (Å²) in [6.45, 7) is 1.82. The Bertz CT molecular complexity index is 1330. The van der Waals surface area contributed by atoms with Gasteiger partial charge in [-0.2, -0.15) is 0 Å². The van der Waals surface area contributed by atoms with Crippen LogP contribution in [0.1, 0.15) is 12.0 Å². The first-order valence-corrected chi connectivity index (χ1v) is 10.8. The maximum absolute atomic E-state index is 12.8. The van der Waals surface area contributed by atoms with Crippen molar-refractivity contribution in [2.45, 2.75) is 19.1 Å². The largest absolute Gasteiger partial charge is 0.391 e. The van der Waals surface area contributed by atoms with Crippen LogP contribution in [-0.2, 0) is 6.54 Å². The molecule has 1 atom stereocenters. The van der Waals surface area contributed by atoms with Gasteiger partial charge in [-0.1, -0.05) is 29.3 Å². The number of nitrogens with one attached hydrogen (secondary N) is 1. The molecule has 4 aromatic rings. The van der Waals surface area contributed by atoms with Gasteiger partial charge in [0.2, 0.25) is 0 Å². The fourth-order valence-electron chi connectivity index (χ4n) is 4.02. The maximum atomic E-state index is 12.8. The van der Waals surface area contributed by atoms with Crippen molar-refractivity contribution in [3.63, 3.8) is 0 Å². The Labute approximate surface area is 188 Å². The van der Waals surface area contributed by atoms with Crippen LogP contribution < -0.4 is 10.5 Å². The molecule has 3 aromatic heterocycles. The van der Waals surface area contributed by atoms with Gasteiger partial charge in [-0.25, -0.2) is 4.98 Å². The van der Waals surface area contributed by atoms with E-state index < -0.39 is 0 Å². The normalized spacial score (nSPS) is 16.4. The van der Waals surface area contributed by atoms with Gasteiger partial charge >= 0.3 is 0 Å². The van der Waals surface area contributed by atoms with Gasteiger partial charge in [-0.3, -0.25) is 4.79 Å². The first kappa shape index (κ1) is 20.1. The number of fused-ring (bicyclic) bond motifs is 1. The molecule has 4 heterocycles. The lowest BCUT2D eigenvalue weighted by Gasteiger charge is -2.17. The van der Waals surface area contributed by atoms with Crippen LogP contribution in [0.5, 0.6) is 0 Å². The number of aromatic nitrogens is 3. The van der Waals surface area contributed by atoms with Gasteiger partial charge in [0.1, 0.15) is 5.65 Å². The van der Waals surface area contributed by atoms with Crippen LogP contribution in [0.2, 0.25) is 10.0 Å². The molecule has 1 aliphatic rings. The minimum atomic E-state index is -0.301. The predicted octanol–water partition coefficient (Wildman–Crippen LogP) is 4.32. The van der Waals surface area contributed by atoms with E-state index in [1.54, 1.807) is 29.0 Å². The van der Waals surface area contributed by atoms with E-state index in [9.17, 15) is 9.90 Å². The molecule has 31 heavy (non-hydrogen) atoms. The number of aliphatic hydroxyl groups excluding tert-OH is 1. The highest BCUT2D eigenvalue weighted by Gasteiger charge is 2.21. The SMILES string of the molecule is O=c1cc(-c2c[nH]c3ncc(N4CCC(O)C4)cc23)ccn1Cc1ccc(Cl)c(Cl)c1. The van der Waals surface area contributed by atoms with Crippen molar-refractivity contribution in [2.24, 2.45) is 0 Å². The maximum Gasteiger partial charge on any atom is 0.251 e. The molecule has 0 amide bonds. The van der Waals surface area contributed by atoms with E-state index in [-0.39, 0.29) is 11.7 Å². The van der Waals surface area contributed by atoms with Crippen molar-refractivity contribution in [2.75, 3.05) is 18.0 Å². The third-order valence-corrected chi connectivity index (χ3v) is 6.43. The van der Waals surface area contributed by atoms with E-state index >= 15 is 0 Å². The van der Waals surface area contributed by atoms with E-state index in [0.29, 0.717) is 23.1 Å². The fourth-order valence-corrected chi connectivity index (χ4v) is 4.34. The third kappa shape index (κ3) is 3.94. The molecule has 6 nitrogen and oxygen atoms in total. The highest BCUT2D eigenvalue weighted by atomic mass is 35.5. The summed E-state index contributed by atoms with van der Waals surface area (Å²) in [5.41, 5.74) is 4.27. The van der Waals surface area contributed by atoms with Crippen LogP contribution >= 0.6 is 23.2 Å². The fraction of sp³-hybridized carbons (Fsp3) is 0.217. The van der Waals surface area contributed by atoms with E-state index in [2.05, 4.69) is 20.9 Å². The van der Waals surface area contributed by atoms with Crippen molar-refractivity contribution >= 4 is 39.9 Å². The second-order valence-corrected chi connectivity index (χ2v) is 8.62. The van der Waals surface area contributed by atoms with Crippen molar-refractivity contribution in [1.29, 1.82) is 0 Å². The van der Waals surface area contributed by atoms with Crippen LogP contribution in [0, 0.1) is 0 Å². The van der Waals surface area contributed by atoms with Crippen molar-refractivity contribution in [3.8, 4) is 11.1 Å². The Morgan fingerprint density at radius 2 is 2.03 bits per heavy atom. The van der Waals surface area contributed by atoms with Crippen LogP contribution in [0.25, 0.3) is 22.2 Å². The number of anilines is 1. The van der Waals surface area contributed by atoms with E-state index in [0.717, 1.165) is 46.4 Å². The Morgan fingerprint density at radius 1 is 1.16 bits per heavy atom. The number of aliphatic hydroxyl groups is 1. The van der Waals surface area contributed by atoms with E-state index in [1.807, 2.05) is 24.5 Å². The first-order valence-electron chi connectivity index (χ1n) is 10.0. The average molecular weight is 455 g/mol. The van der Waals surface area contributed by atoms with Gasteiger partial charge < -0.3 is 19.6 Å². The van der Waals surface area contributed by atoms with Crippen molar-refractivity contribution < 1.29 is 5.11 Å². The molecule has 1 fully saturated rings. The second kappa shape index (κ2) is 8.04. The molecular weight excluding hydrogens is 435 g/mol. The summed E-state index contributed by atoms with van der Waals surface area (Å²) in [6, 6.07) is 11.0. The molecule has 0 spiro atoms. The summed E-state index contributed by atoms with van der Waals surface area (Å²) in [7, 11) is 0. The molecule has 1 aliphatic heterocycles. The Kier molecular flexibility index (Phi) is 5.22. The van der Waals surface area contributed by atoms with Gasteiger partial charge in [0.15, 0.2) is 0 Å².